The maximum Gasteiger partial charge on any atom is 0.0595 e. The Hall–Kier alpha value is -0.290. The normalized spacial score (nSPS) is 20.7. The van der Waals surface area contributed by atoms with Gasteiger partial charge >= 0.3 is 0 Å². The highest BCUT2D eigenvalue weighted by atomic mass is 31.0. The molecule has 1 heterocycles. The number of hydrogen-bond donors (Lipinski definition) is 0. The SMILES string of the molecule is Cc1cnc(C2CCCCCC2)[pH]1. The van der Waals surface area contributed by atoms with Crippen LogP contribution in [0.25, 0.3) is 0 Å². The third-order valence-electron chi connectivity index (χ3n) is 2.96. The van der Waals surface area contributed by atoms with Gasteiger partial charge in [0, 0.05) is 12.1 Å². The van der Waals surface area contributed by atoms with Gasteiger partial charge in [-0.2, -0.15) is 0 Å². The molecule has 1 aromatic heterocycles. The van der Waals surface area contributed by atoms with Crippen molar-refractivity contribution in [2.75, 3.05) is 0 Å². The maximum atomic E-state index is 4.55. The molecule has 1 atom stereocenters. The van der Waals surface area contributed by atoms with E-state index in [4.69, 9.17) is 0 Å². The van der Waals surface area contributed by atoms with Gasteiger partial charge in [-0.15, -0.1) is 8.19 Å². The molecule has 0 amide bonds. The van der Waals surface area contributed by atoms with Crippen LogP contribution in [-0.2, 0) is 0 Å². The fraction of sp³-hybridized carbons (Fsp3) is 0.727. The first kappa shape index (κ1) is 9.27. The highest BCUT2D eigenvalue weighted by Crippen LogP contribution is 2.35. The van der Waals surface area contributed by atoms with Crippen LogP contribution in [0.3, 0.4) is 0 Å². The van der Waals surface area contributed by atoms with Gasteiger partial charge in [-0.25, -0.2) is 0 Å². The first-order valence-electron chi connectivity index (χ1n) is 5.38. The van der Waals surface area contributed by atoms with Crippen molar-refractivity contribution in [3.05, 3.63) is 16.9 Å². The van der Waals surface area contributed by atoms with Gasteiger partial charge in [0.25, 0.3) is 0 Å². The van der Waals surface area contributed by atoms with Gasteiger partial charge < -0.3 is 0 Å². The summed E-state index contributed by atoms with van der Waals surface area (Å²) in [5.74, 6) is 0.828. The van der Waals surface area contributed by atoms with E-state index in [1.165, 1.54) is 49.2 Å². The topological polar surface area (TPSA) is 12.9 Å². The van der Waals surface area contributed by atoms with Crippen LogP contribution in [0.2, 0.25) is 0 Å². The Labute approximate surface area is 82.1 Å². The van der Waals surface area contributed by atoms with Gasteiger partial charge in [0.1, 0.15) is 0 Å². The average Bonchev–Trinajstić information content (AvgIpc) is 2.43. The lowest BCUT2D eigenvalue weighted by molar-refractivity contribution is 0.589. The molecule has 0 radical (unpaired) electrons. The van der Waals surface area contributed by atoms with E-state index < -0.39 is 0 Å². The number of nitrogens with zero attached hydrogens (tertiary/aromatic N) is 1. The monoisotopic (exact) mass is 195 g/mol. The lowest BCUT2D eigenvalue weighted by Gasteiger charge is -2.10. The third-order valence-corrected chi connectivity index (χ3v) is 4.28. The molecule has 1 aliphatic rings. The molecule has 0 bridgehead atoms. The summed E-state index contributed by atoms with van der Waals surface area (Å²) in [7, 11) is 0.912. The molecule has 1 aromatic rings. The maximum absolute atomic E-state index is 4.55. The molecule has 2 heteroatoms. The van der Waals surface area contributed by atoms with Crippen molar-refractivity contribution < 1.29 is 0 Å². The van der Waals surface area contributed by atoms with Gasteiger partial charge in [-0.05, 0) is 25.1 Å². The van der Waals surface area contributed by atoms with Crippen molar-refractivity contribution >= 4 is 8.19 Å². The largest absolute Gasteiger partial charge is 0.256 e. The highest BCUT2D eigenvalue weighted by molar-refractivity contribution is 7.31. The predicted molar refractivity (Wildman–Crippen MR) is 58.9 cm³/mol. The standard InChI is InChI=1S/C11H18NP/c1-9-8-12-11(13-9)10-6-4-2-3-5-7-10/h8,10,13H,2-7H2,1H3. The summed E-state index contributed by atoms with van der Waals surface area (Å²) in [5, 5.41) is 1.47. The molecule has 1 unspecified atom stereocenters. The van der Waals surface area contributed by atoms with E-state index in [2.05, 4.69) is 18.1 Å². The summed E-state index contributed by atoms with van der Waals surface area (Å²) >= 11 is 0. The number of aryl methyl sites for hydroxylation is 1. The van der Waals surface area contributed by atoms with Gasteiger partial charge in [0.15, 0.2) is 0 Å². The zero-order chi connectivity index (χ0) is 9.10. The number of rotatable bonds is 1. The lowest BCUT2D eigenvalue weighted by Crippen LogP contribution is -1.94. The summed E-state index contributed by atoms with van der Waals surface area (Å²) in [6.45, 7) is 2.20. The summed E-state index contributed by atoms with van der Waals surface area (Å²) in [5.41, 5.74) is 1.50. The Kier molecular flexibility index (Phi) is 3.05. The van der Waals surface area contributed by atoms with Gasteiger partial charge in [0.2, 0.25) is 0 Å². The minimum atomic E-state index is 0.828. The zero-order valence-electron chi connectivity index (χ0n) is 8.34. The predicted octanol–water partition coefficient (Wildman–Crippen LogP) is 3.86. The second-order valence-corrected chi connectivity index (χ2v) is 5.69. The molecule has 0 aliphatic heterocycles. The van der Waals surface area contributed by atoms with Crippen LogP contribution in [0.1, 0.15) is 55.2 Å². The molecule has 0 spiro atoms. The van der Waals surface area contributed by atoms with Crippen molar-refractivity contribution in [1.29, 1.82) is 0 Å². The number of aromatic nitrogens is 1. The minimum absolute atomic E-state index is 0.828. The molecule has 1 saturated carbocycles. The van der Waals surface area contributed by atoms with Crippen LogP contribution < -0.4 is 0 Å². The van der Waals surface area contributed by atoms with Crippen molar-refractivity contribution in [2.24, 2.45) is 0 Å². The summed E-state index contributed by atoms with van der Waals surface area (Å²) < 4.78 is 0. The second-order valence-electron chi connectivity index (χ2n) is 4.14. The van der Waals surface area contributed by atoms with E-state index in [-0.39, 0.29) is 0 Å². The molecule has 0 aromatic carbocycles. The highest BCUT2D eigenvalue weighted by Gasteiger charge is 2.15. The molecule has 72 valence electrons. The van der Waals surface area contributed by atoms with Crippen molar-refractivity contribution in [3.8, 4) is 0 Å². The molecule has 1 nitrogen and oxygen atoms in total. The molecule has 13 heavy (non-hydrogen) atoms. The van der Waals surface area contributed by atoms with E-state index in [9.17, 15) is 0 Å². The van der Waals surface area contributed by atoms with Crippen molar-refractivity contribution in [1.82, 2.24) is 4.98 Å². The molecule has 1 aliphatic carbocycles. The van der Waals surface area contributed by atoms with E-state index in [0.29, 0.717) is 0 Å². The van der Waals surface area contributed by atoms with Gasteiger partial charge in [-0.1, -0.05) is 25.7 Å². The lowest BCUT2D eigenvalue weighted by atomic mass is 10.0. The van der Waals surface area contributed by atoms with E-state index >= 15 is 0 Å². The molecular formula is C11H18NP. The number of hydrogen-bond acceptors (Lipinski definition) is 1. The van der Waals surface area contributed by atoms with Gasteiger partial charge in [0.05, 0.1) is 5.43 Å². The molecular weight excluding hydrogens is 177 g/mol. The van der Waals surface area contributed by atoms with Crippen LogP contribution in [0, 0.1) is 6.92 Å². The van der Waals surface area contributed by atoms with E-state index in [0.717, 1.165) is 14.1 Å². The average molecular weight is 195 g/mol. The fourth-order valence-electron chi connectivity index (χ4n) is 2.19. The fourth-order valence-corrected chi connectivity index (χ4v) is 3.35. The van der Waals surface area contributed by atoms with Crippen molar-refractivity contribution in [3.63, 3.8) is 0 Å². The Bertz CT molecular complexity index is 259. The molecule has 0 saturated heterocycles. The Morgan fingerprint density at radius 1 is 1.23 bits per heavy atom. The van der Waals surface area contributed by atoms with Crippen LogP contribution in [0.5, 0.6) is 0 Å². The molecule has 1 fully saturated rings. The smallest absolute Gasteiger partial charge is 0.0595 e. The molecule has 2 rings (SSSR count). The first-order chi connectivity index (χ1) is 6.36. The van der Waals surface area contributed by atoms with Crippen LogP contribution in [0.15, 0.2) is 6.20 Å². The first-order valence-corrected chi connectivity index (χ1v) is 6.38. The minimum Gasteiger partial charge on any atom is -0.256 e. The van der Waals surface area contributed by atoms with E-state index in [1.54, 1.807) is 0 Å². The Balaban J connectivity index is 2.06. The quantitative estimate of drug-likeness (QED) is 0.620. The summed E-state index contributed by atoms with van der Waals surface area (Å²) in [6.07, 6.45) is 10.6. The van der Waals surface area contributed by atoms with Crippen LogP contribution in [-0.4, -0.2) is 4.98 Å². The van der Waals surface area contributed by atoms with E-state index in [1.807, 2.05) is 0 Å². The Morgan fingerprint density at radius 3 is 2.46 bits per heavy atom. The van der Waals surface area contributed by atoms with Crippen LogP contribution in [0.4, 0.5) is 0 Å². The molecule has 0 N–H and O–H groups in total. The second kappa shape index (κ2) is 4.28. The third kappa shape index (κ3) is 2.34. The summed E-state index contributed by atoms with van der Waals surface area (Å²) in [6, 6.07) is 0. The zero-order valence-corrected chi connectivity index (χ0v) is 9.34. The van der Waals surface area contributed by atoms with Crippen molar-refractivity contribution in [2.45, 2.75) is 51.4 Å². The Morgan fingerprint density at radius 2 is 1.92 bits per heavy atom. The van der Waals surface area contributed by atoms with Crippen LogP contribution >= 0.6 is 8.19 Å². The van der Waals surface area contributed by atoms with Gasteiger partial charge in [-0.3, -0.25) is 4.98 Å². The summed E-state index contributed by atoms with van der Waals surface area (Å²) in [4.78, 5) is 4.55.